The molecule has 156 valence electrons. The van der Waals surface area contributed by atoms with Gasteiger partial charge in [-0.2, -0.15) is 0 Å². The van der Waals surface area contributed by atoms with E-state index >= 15 is 0 Å². The Hall–Kier alpha value is -3.18. The first-order valence-electron chi connectivity index (χ1n) is 9.42. The van der Waals surface area contributed by atoms with E-state index in [4.69, 9.17) is 30.5 Å². The first-order chi connectivity index (χ1) is 14.5. The molecular weight excluding hydrogens is 404 g/mol. The zero-order valence-electron chi connectivity index (χ0n) is 16.9. The van der Waals surface area contributed by atoms with Gasteiger partial charge in [0, 0.05) is 22.4 Å². The lowest BCUT2D eigenvalue weighted by atomic mass is 10.1. The number of hydrogen-bond donors (Lipinski definition) is 0. The van der Waals surface area contributed by atoms with Crippen molar-refractivity contribution >= 4 is 28.3 Å². The number of halogens is 1. The molecule has 0 aliphatic heterocycles. The SMILES string of the molecule is C=C(C)C(=O)OC(COc1ccccc1)COc1c(Cl)cc(OC)c2ccccc12. The summed E-state index contributed by atoms with van der Waals surface area (Å²) in [6, 6.07) is 18.6. The summed E-state index contributed by atoms with van der Waals surface area (Å²) in [7, 11) is 1.59. The number of methoxy groups -OCH3 is 1. The second kappa shape index (κ2) is 10.0. The minimum atomic E-state index is -0.661. The lowest BCUT2D eigenvalue weighted by Gasteiger charge is -2.20. The summed E-state index contributed by atoms with van der Waals surface area (Å²) >= 11 is 6.44. The molecule has 0 saturated heterocycles. The van der Waals surface area contributed by atoms with Crippen molar-refractivity contribution in [3.8, 4) is 17.2 Å². The third kappa shape index (κ3) is 5.24. The Morgan fingerprint density at radius 2 is 1.63 bits per heavy atom. The molecule has 3 aromatic carbocycles. The fraction of sp³-hybridized carbons (Fsp3) is 0.208. The molecule has 30 heavy (non-hydrogen) atoms. The smallest absolute Gasteiger partial charge is 0.333 e. The highest BCUT2D eigenvalue weighted by molar-refractivity contribution is 6.33. The highest BCUT2D eigenvalue weighted by Gasteiger charge is 2.20. The summed E-state index contributed by atoms with van der Waals surface area (Å²) in [4.78, 5) is 12.1. The topological polar surface area (TPSA) is 54.0 Å². The van der Waals surface area contributed by atoms with Crippen LogP contribution in [0.25, 0.3) is 10.8 Å². The van der Waals surface area contributed by atoms with E-state index in [0.717, 1.165) is 10.8 Å². The molecule has 0 aliphatic rings. The summed E-state index contributed by atoms with van der Waals surface area (Å²) in [5, 5.41) is 2.07. The van der Waals surface area contributed by atoms with E-state index in [0.29, 0.717) is 27.8 Å². The number of benzene rings is 3. The fourth-order valence-electron chi connectivity index (χ4n) is 2.85. The summed E-state index contributed by atoms with van der Waals surface area (Å²) in [5.41, 5.74) is 0.299. The lowest BCUT2D eigenvalue weighted by molar-refractivity contribution is -0.147. The quantitative estimate of drug-likeness (QED) is 0.336. The molecule has 0 heterocycles. The summed E-state index contributed by atoms with van der Waals surface area (Å²) in [6.07, 6.45) is -0.661. The molecule has 0 aliphatic carbocycles. The average Bonchev–Trinajstić information content (AvgIpc) is 2.76. The van der Waals surface area contributed by atoms with Gasteiger partial charge in [0.2, 0.25) is 0 Å². The molecule has 0 amide bonds. The van der Waals surface area contributed by atoms with Crippen molar-refractivity contribution in [3.05, 3.63) is 77.8 Å². The molecule has 0 saturated carbocycles. The van der Waals surface area contributed by atoms with Crippen molar-refractivity contribution in [2.24, 2.45) is 0 Å². The molecule has 1 unspecified atom stereocenters. The molecule has 0 N–H and O–H groups in total. The number of rotatable bonds is 9. The Morgan fingerprint density at radius 1 is 1.00 bits per heavy atom. The van der Waals surface area contributed by atoms with Crippen LogP contribution < -0.4 is 14.2 Å². The summed E-state index contributed by atoms with van der Waals surface area (Å²) in [6.45, 7) is 5.39. The van der Waals surface area contributed by atoms with Crippen LogP contribution in [0.5, 0.6) is 17.2 Å². The van der Waals surface area contributed by atoms with Gasteiger partial charge in [-0.15, -0.1) is 0 Å². The number of carbonyl (C=O) groups excluding carboxylic acids is 1. The molecule has 0 aromatic heterocycles. The first-order valence-corrected chi connectivity index (χ1v) is 9.79. The predicted molar refractivity (Wildman–Crippen MR) is 118 cm³/mol. The van der Waals surface area contributed by atoms with Gasteiger partial charge in [-0.1, -0.05) is 60.6 Å². The van der Waals surface area contributed by atoms with Crippen LogP contribution in [0.3, 0.4) is 0 Å². The molecule has 0 bridgehead atoms. The number of esters is 1. The van der Waals surface area contributed by atoms with E-state index in [-0.39, 0.29) is 13.2 Å². The molecule has 0 spiro atoms. The van der Waals surface area contributed by atoms with E-state index in [1.54, 1.807) is 20.1 Å². The van der Waals surface area contributed by atoms with Crippen LogP contribution in [0.1, 0.15) is 6.92 Å². The minimum absolute atomic E-state index is 0.0574. The zero-order chi connectivity index (χ0) is 21.5. The van der Waals surface area contributed by atoms with E-state index in [1.165, 1.54) is 0 Å². The van der Waals surface area contributed by atoms with Gasteiger partial charge >= 0.3 is 5.97 Å². The third-order valence-corrected chi connectivity index (χ3v) is 4.63. The van der Waals surface area contributed by atoms with Gasteiger partial charge in [0.15, 0.2) is 6.10 Å². The summed E-state index contributed by atoms with van der Waals surface area (Å²) in [5.74, 6) is 1.30. The Bertz CT molecular complexity index is 1030. The molecule has 5 nitrogen and oxygen atoms in total. The third-order valence-electron chi connectivity index (χ3n) is 4.35. The van der Waals surface area contributed by atoms with Crippen LogP contribution >= 0.6 is 11.6 Å². The molecule has 3 aromatic rings. The highest BCUT2D eigenvalue weighted by Crippen LogP contribution is 2.39. The van der Waals surface area contributed by atoms with Gasteiger partial charge in [0.1, 0.15) is 30.5 Å². The van der Waals surface area contributed by atoms with Crippen molar-refractivity contribution in [1.29, 1.82) is 0 Å². The maximum Gasteiger partial charge on any atom is 0.333 e. The number of fused-ring (bicyclic) bond motifs is 1. The van der Waals surface area contributed by atoms with Crippen LogP contribution in [-0.2, 0) is 9.53 Å². The molecule has 3 rings (SSSR count). The molecule has 0 radical (unpaired) electrons. The van der Waals surface area contributed by atoms with Gasteiger partial charge < -0.3 is 18.9 Å². The normalized spacial score (nSPS) is 11.6. The maximum absolute atomic E-state index is 12.1. The van der Waals surface area contributed by atoms with Gasteiger partial charge in [-0.3, -0.25) is 0 Å². The van der Waals surface area contributed by atoms with Crippen molar-refractivity contribution in [2.45, 2.75) is 13.0 Å². The van der Waals surface area contributed by atoms with Crippen molar-refractivity contribution in [2.75, 3.05) is 20.3 Å². The molecule has 1 atom stereocenters. The van der Waals surface area contributed by atoms with Crippen LogP contribution in [0.2, 0.25) is 5.02 Å². The standard InChI is InChI=1S/C24H23ClO5/c1-16(2)24(26)30-18(14-28-17-9-5-4-6-10-17)15-29-23-20-12-8-7-11-19(20)22(27-3)13-21(23)25/h4-13,18H,1,14-15H2,2-3H3. The van der Waals surface area contributed by atoms with E-state index in [9.17, 15) is 4.79 Å². The van der Waals surface area contributed by atoms with E-state index in [1.807, 2.05) is 54.6 Å². The average molecular weight is 427 g/mol. The van der Waals surface area contributed by atoms with Crippen LogP contribution in [-0.4, -0.2) is 32.4 Å². The lowest BCUT2D eigenvalue weighted by Crippen LogP contribution is -2.31. The molecule has 0 fully saturated rings. The van der Waals surface area contributed by atoms with E-state index in [2.05, 4.69) is 6.58 Å². The van der Waals surface area contributed by atoms with E-state index < -0.39 is 12.1 Å². The zero-order valence-corrected chi connectivity index (χ0v) is 17.6. The monoisotopic (exact) mass is 426 g/mol. The van der Waals surface area contributed by atoms with Crippen molar-refractivity contribution in [1.82, 2.24) is 0 Å². The second-order valence-electron chi connectivity index (χ2n) is 6.68. The number of carbonyl (C=O) groups is 1. The van der Waals surface area contributed by atoms with Crippen LogP contribution in [0.15, 0.2) is 72.8 Å². The maximum atomic E-state index is 12.1. The van der Waals surface area contributed by atoms with Crippen LogP contribution in [0.4, 0.5) is 0 Å². The Morgan fingerprint density at radius 3 is 2.30 bits per heavy atom. The molecular formula is C24H23ClO5. The first kappa shape index (κ1) is 21.5. The van der Waals surface area contributed by atoms with Gasteiger partial charge in [-0.05, 0) is 19.1 Å². The van der Waals surface area contributed by atoms with Gasteiger partial charge in [-0.25, -0.2) is 4.79 Å². The Balaban J connectivity index is 1.80. The van der Waals surface area contributed by atoms with Gasteiger partial charge in [0.05, 0.1) is 12.1 Å². The minimum Gasteiger partial charge on any atom is -0.496 e. The Kier molecular flexibility index (Phi) is 7.20. The fourth-order valence-corrected chi connectivity index (χ4v) is 3.10. The van der Waals surface area contributed by atoms with Crippen LogP contribution in [0, 0.1) is 0 Å². The highest BCUT2D eigenvalue weighted by atomic mass is 35.5. The van der Waals surface area contributed by atoms with Crippen molar-refractivity contribution in [3.63, 3.8) is 0 Å². The largest absolute Gasteiger partial charge is 0.496 e. The summed E-state index contributed by atoms with van der Waals surface area (Å²) < 4.78 is 22.7. The van der Waals surface area contributed by atoms with Gasteiger partial charge in [0.25, 0.3) is 0 Å². The second-order valence-corrected chi connectivity index (χ2v) is 7.09. The Labute approximate surface area is 180 Å². The molecule has 6 heteroatoms. The number of para-hydroxylation sites is 1. The number of hydrogen-bond acceptors (Lipinski definition) is 5. The predicted octanol–water partition coefficient (Wildman–Crippen LogP) is 5.45. The number of ether oxygens (including phenoxy) is 4. The van der Waals surface area contributed by atoms with Crippen molar-refractivity contribution < 1.29 is 23.7 Å².